The Hall–Kier alpha value is -2.82. The number of anilines is 1. The van der Waals surface area contributed by atoms with E-state index in [1.54, 1.807) is 29.0 Å². The van der Waals surface area contributed by atoms with Gasteiger partial charge in [-0.2, -0.15) is 5.26 Å². The van der Waals surface area contributed by atoms with Crippen LogP contribution in [0.2, 0.25) is 5.02 Å². The van der Waals surface area contributed by atoms with Crippen LogP contribution in [0.1, 0.15) is 53.7 Å². The topological polar surface area (TPSA) is 90.2 Å². The zero-order valence-corrected chi connectivity index (χ0v) is 20.1. The molecule has 8 heteroatoms. The number of nitriles is 1. The van der Waals surface area contributed by atoms with E-state index in [1.807, 2.05) is 13.0 Å². The maximum absolute atomic E-state index is 13.5. The number of fused-ring (bicyclic) bond motifs is 1. The number of halogens is 1. The van der Waals surface area contributed by atoms with Gasteiger partial charge in [0.25, 0.3) is 11.5 Å². The van der Waals surface area contributed by atoms with Gasteiger partial charge in [0, 0.05) is 36.9 Å². The van der Waals surface area contributed by atoms with E-state index in [0.29, 0.717) is 45.3 Å². The quantitative estimate of drug-likeness (QED) is 0.666. The van der Waals surface area contributed by atoms with Crippen molar-refractivity contribution in [3.63, 3.8) is 0 Å². The van der Waals surface area contributed by atoms with Gasteiger partial charge in [-0.3, -0.25) is 9.59 Å². The highest BCUT2D eigenvalue weighted by molar-refractivity contribution is 6.32. The molecular formula is C26H28ClN5O2. The third kappa shape index (κ3) is 3.27. The van der Waals surface area contributed by atoms with E-state index in [1.165, 1.54) is 0 Å². The normalized spacial score (nSPS) is 31.5. The molecular weight excluding hydrogens is 450 g/mol. The summed E-state index contributed by atoms with van der Waals surface area (Å²) in [4.78, 5) is 28.9. The fourth-order valence-corrected chi connectivity index (χ4v) is 6.72. The zero-order valence-electron chi connectivity index (χ0n) is 19.3. The van der Waals surface area contributed by atoms with Gasteiger partial charge in [-0.05, 0) is 62.6 Å². The molecule has 1 aromatic carbocycles. The van der Waals surface area contributed by atoms with Gasteiger partial charge in [0.15, 0.2) is 0 Å². The minimum Gasteiger partial charge on any atom is -0.381 e. The Balaban J connectivity index is 1.30. The van der Waals surface area contributed by atoms with E-state index in [4.69, 9.17) is 11.6 Å². The first-order chi connectivity index (χ1) is 16.3. The summed E-state index contributed by atoms with van der Waals surface area (Å²) >= 11 is 6.41. The Morgan fingerprint density at radius 1 is 1.26 bits per heavy atom. The lowest BCUT2D eigenvalue weighted by molar-refractivity contribution is -0.0914. The number of benzene rings is 1. The maximum atomic E-state index is 13.5. The van der Waals surface area contributed by atoms with Gasteiger partial charge < -0.3 is 20.1 Å². The minimum atomic E-state index is -0.398. The van der Waals surface area contributed by atoms with E-state index < -0.39 is 6.04 Å². The zero-order chi connectivity index (χ0) is 23.8. The van der Waals surface area contributed by atoms with E-state index >= 15 is 0 Å². The van der Waals surface area contributed by atoms with E-state index in [2.05, 4.69) is 28.7 Å². The van der Waals surface area contributed by atoms with Crippen molar-refractivity contribution in [2.45, 2.75) is 43.8 Å². The Morgan fingerprint density at radius 2 is 1.97 bits per heavy atom. The maximum Gasteiger partial charge on any atom is 0.255 e. The molecule has 0 unspecified atom stereocenters. The lowest BCUT2D eigenvalue weighted by atomic mass is 9.49. The number of pyridine rings is 1. The van der Waals surface area contributed by atoms with Gasteiger partial charge in [0.2, 0.25) is 0 Å². The van der Waals surface area contributed by atoms with Crippen LogP contribution < -0.4 is 16.2 Å². The van der Waals surface area contributed by atoms with Gasteiger partial charge in [-0.1, -0.05) is 23.7 Å². The predicted molar refractivity (Wildman–Crippen MR) is 130 cm³/mol. The van der Waals surface area contributed by atoms with Crippen molar-refractivity contribution in [1.82, 2.24) is 14.8 Å². The summed E-state index contributed by atoms with van der Waals surface area (Å²) in [5.74, 6) is 1.59. The Kier molecular flexibility index (Phi) is 4.84. The number of hydrogen-bond donors (Lipinski definition) is 2. The summed E-state index contributed by atoms with van der Waals surface area (Å²) in [7, 11) is 2.13. The second-order valence-electron chi connectivity index (χ2n) is 10.7. The average Bonchev–Trinajstić information content (AvgIpc) is 3.18. The van der Waals surface area contributed by atoms with Crippen LogP contribution in [0.25, 0.3) is 0 Å². The van der Waals surface area contributed by atoms with Crippen molar-refractivity contribution in [3.05, 3.63) is 62.5 Å². The van der Waals surface area contributed by atoms with Crippen molar-refractivity contribution >= 4 is 23.2 Å². The van der Waals surface area contributed by atoms with Gasteiger partial charge in [-0.15, -0.1) is 0 Å². The van der Waals surface area contributed by atoms with Crippen LogP contribution >= 0.6 is 11.6 Å². The number of piperidine rings is 1. The predicted octanol–water partition coefficient (Wildman–Crippen LogP) is 3.35. The smallest absolute Gasteiger partial charge is 0.255 e. The number of aromatic nitrogens is 1. The molecule has 176 valence electrons. The first-order valence-electron chi connectivity index (χ1n) is 12.0. The van der Waals surface area contributed by atoms with Crippen molar-refractivity contribution in [1.29, 1.82) is 5.26 Å². The SMILES string of the molecule is C[C@H](NC(=O)c1cn(C23CC(C2)C3)c(=O)cc1N[C@H]1[C@@H]2CN(C)C[C@@H]21)c1cccc(C#N)c1Cl. The van der Waals surface area contributed by atoms with E-state index in [-0.39, 0.29) is 17.0 Å². The highest BCUT2D eigenvalue weighted by Gasteiger charge is 2.58. The fraction of sp³-hybridized carbons (Fsp3) is 0.500. The third-order valence-corrected chi connectivity index (χ3v) is 8.90. The molecule has 2 N–H and O–H groups in total. The third-order valence-electron chi connectivity index (χ3n) is 8.48. The second-order valence-corrected chi connectivity index (χ2v) is 11.1. The van der Waals surface area contributed by atoms with Gasteiger partial charge in [-0.25, -0.2) is 0 Å². The van der Waals surface area contributed by atoms with Gasteiger partial charge in [0.05, 0.1) is 27.9 Å². The number of rotatable bonds is 6. The van der Waals surface area contributed by atoms with Crippen LogP contribution in [0.5, 0.6) is 0 Å². The summed E-state index contributed by atoms with van der Waals surface area (Å²) in [6.07, 6.45) is 4.83. The molecule has 0 radical (unpaired) electrons. The van der Waals surface area contributed by atoms with Crippen LogP contribution in [-0.4, -0.2) is 41.6 Å². The van der Waals surface area contributed by atoms with Crippen molar-refractivity contribution in [3.8, 4) is 6.07 Å². The monoisotopic (exact) mass is 477 g/mol. The summed E-state index contributed by atoms with van der Waals surface area (Å²) in [6, 6.07) is 8.84. The first kappa shape index (κ1) is 21.7. The number of nitrogens with one attached hydrogen (secondary N) is 2. The molecule has 7 nitrogen and oxygen atoms in total. The number of likely N-dealkylation sites (tertiary alicyclic amines) is 1. The summed E-state index contributed by atoms with van der Waals surface area (Å²) < 4.78 is 1.79. The minimum absolute atomic E-state index is 0.0436. The van der Waals surface area contributed by atoms with Crippen molar-refractivity contribution in [2.75, 3.05) is 25.5 Å². The number of carbonyl (C=O) groups excluding carboxylic acids is 1. The molecule has 5 aliphatic rings. The highest BCUT2D eigenvalue weighted by Crippen LogP contribution is 2.61. The number of amides is 1. The van der Waals surface area contributed by atoms with E-state index in [9.17, 15) is 14.9 Å². The van der Waals surface area contributed by atoms with Gasteiger partial charge in [0.1, 0.15) is 6.07 Å². The molecule has 1 saturated heterocycles. The lowest BCUT2D eigenvalue weighted by Crippen LogP contribution is -2.62. The standard InChI is InChI=1S/C26H28ClN5O2/c1-14(17-5-3-4-16(10-28)23(17)27)29-25(34)20-13-32(26-7-15(8-26)9-26)22(33)6-21(20)30-24-18-11-31(2)12-19(18)24/h3-6,13-15,18-19,24,30H,7-9,11-12H2,1-2H3,(H,29,34)/t14-,15?,18-,19+,24+,26?/m0/s1. The molecule has 2 bridgehead atoms. The molecule has 2 aromatic rings. The molecule has 34 heavy (non-hydrogen) atoms. The summed E-state index contributed by atoms with van der Waals surface area (Å²) in [5.41, 5.74) is 2.02. The van der Waals surface area contributed by atoms with Crippen LogP contribution in [0.4, 0.5) is 5.69 Å². The largest absolute Gasteiger partial charge is 0.381 e. The number of nitrogens with zero attached hydrogens (tertiary/aromatic N) is 3. The number of carbonyl (C=O) groups is 1. The molecule has 1 amide bonds. The van der Waals surface area contributed by atoms with Crippen LogP contribution in [0, 0.1) is 29.1 Å². The van der Waals surface area contributed by atoms with Crippen molar-refractivity contribution in [2.24, 2.45) is 17.8 Å². The molecule has 5 fully saturated rings. The first-order valence-corrected chi connectivity index (χ1v) is 12.4. The van der Waals surface area contributed by atoms with Crippen LogP contribution in [-0.2, 0) is 5.54 Å². The molecule has 4 saturated carbocycles. The molecule has 1 aromatic heterocycles. The van der Waals surface area contributed by atoms with Crippen LogP contribution in [0.15, 0.2) is 35.3 Å². The number of hydrogen-bond acceptors (Lipinski definition) is 5. The van der Waals surface area contributed by atoms with Crippen molar-refractivity contribution < 1.29 is 4.79 Å². The second kappa shape index (κ2) is 7.59. The Morgan fingerprint density at radius 3 is 2.59 bits per heavy atom. The molecule has 2 heterocycles. The molecule has 7 rings (SSSR count). The molecule has 4 aliphatic carbocycles. The summed E-state index contributed by atoms with van der Waals surface area (Å²) in [5, 5.41) is 16.2. The molecule has 1 aliphatic heterocycles. The highest BCUT2D eigenvalue weighted by atomic mass is 35.5. The fourth-order valence-electron chi connectivity index (χ4n) is 6.39. The summed E-state index contributed by atoms with van der Waals surface area (Å²) in [6.45, 7) is 3.93. The average molecular weight is 478 g/mol. The molecule has 4 atom stereocenters. The lowest BCUT2D eigenvalue weighted by Gasteiger charge is -2.62. The van der Waals surface area contributed by atoms with Crippen LogP contribution in [0.3, 0.4) is 0 Å². The Bertz CT molecular complexity index is 1270. The van der Waals surface area contributed by atoms with E-state index in [0.717, 1.165) is 38.3 Å². The molecule has 0 spiro atoms. The van der Waals surface area contributed by atoms with Gasteiger partial charge >= 0.3 is 0 Å². The Labute approximate surface area is 203 Å².